The summed E-state index contributed by atoms with van der Waals surface area (Å²) in [6.45, 7) is 2.92. The van der Waals surface area contributed by atoms with Gasteiger partial charge < -0.3 is 19.1 Å². The van der Waals surface area contributed by atoms with Crippen molar-refractivity contribution in [1.29, 1.82) is 0 Å². The summed E-state index contributed by atoms with van der Waals surface area (Å²) >= 11 is 0. The normalized spacial score (nSPS) is 13.3. The molecule has 38 heavy (non-hydrogen) atoms. The number of aromatic nitrogens is 3. The number of nitrogens with zero attached hydrogens (tertiary/aromatic N) is 4. The van der Waals surface area contributed by atoms with Crippen molar-refractivity contribution >= 4 is 34.5 Å². The van der Waals surface area contributed by atoms with Crippen LogP contribution < -0.4 is 9.64 Å². The highest BCUT2D eigenvalue weighted by Gasteiger charge is 2.23. The number of esters is 1. The minimum absolute atomic E-state index is 0.288. The van der Waals surface area contributed by atoms with E-state index < -0.39 is 12.1 Å². The minimum atomic E-state index is -0.976. The van der Waals surface area contributed by atoms with Crippen LogP contribution in [0, 0.1) is 0 Å². The largest absolute Gasteiger partial charge is 0.493 e. The smallest absolute Gasteiger partial charge is 0.413 e. The van der Waals surface area contributed by atoms with Gasteiger partial charge in [-0.15, -0.1) is 0 Å². The highest BCUT2D eigenvalue weighted by molar-refractivity contribution is 5.94. The van der Waals surface area contributed by atoms with Crippen LogP contribution >= 0.6 is 0 Å². The van der Waals surface area contributed by atoms with Gasteiger partial charge in [0, 0.05) is 42.5 Å². The van der Waals surface area contributed by atoms with E-state index >= 15 is 0 Å². The lowest BCUT2D eigenvalue weighted by Crippen LogP contribution is -2.35. The zero-order chi connectivity index (χ0) is 26.5. The van der Waals surface area contributed by atoms with Crippen LogP contribution in [0.4, 0.5) is 10.6 Å². The number of benzene rings is 1. The van der Waals surface area contributed by atoms with Gasteiger partial charge in [0.25, 0.3) is 0 Å². The average Bonchev–Trinajstić information content (AvgIpc) is 3.35. The highest BCUT2D eigenvalue weighted by Crippen LogP contribution is 2.28. The van der Waals surface area contributed by atoms with Crippen molar-refractivity contribution in [1.82, 2.24) is 14.5 Å². The molecule has 194 valence electrons. The molecule has 0 radical (unpaired) electrons. The Kier molecular flexibility index (Phi) is 7.35. The summed E-state index contributed by atoms with van der Waals surface area (Å²) < 4.78 is 13.1. The van der Waals surface area contributed by atoms with Crippen molar-refractivity contribution in [3.05, 3.63) is 90.0 Å². The van der Waals surface area contributed by atoms with Crippen LogP contribution in [-0.4, -0.2) is 51.5 Å². The Labute approximate surface area is 220 Å². The Morgan fingerprint density at radius 1 is 1.13 bits per heavy atom. The Bertz CT molecular complexity index is 1500. The third kappa shape index (κ3) is 5.36. The van der Waals surface area contributed by atoms with Crippen molar-refractivity contribution in [2.75, 3.05) is 24.7 Å². The number of fused-ring (bicyclic) bond motifs is 2. The van der Waals surface area contributed by atoms with Crippen LogP contribution in [0.3, 0.4) is 0 Å². The van der Waals surface area contributed by atoms with E-state index in [1.165, 1.54) is 11.0 Å². The van der Waals surface area contributed by atoms with Crippen LogP contribution in [0.5, 0.6) is 5.75 Å². The van der Waals surface area contributed by atoms with Gasteiger partial charge in [-0.1, -0.05) is 12.1 Å². The molecule has 9 heteroatoms. The van der Waals surface area contributed by atoms with Gasteiger partial charge in [-0.05, 0) is 67.8 Å². The maximum atomic E-state index is 12.3. The van der Waals surface area contributed by atoms with Gasteiger partial charge in [0.2, 0.25) is 0 Å². The molecule has 1 N–H and O–H groups in total. The summed E-state index contributed by atoms with van der Waals surface area (Å²) in [6.07, 6.45) is 6.23. The molecule has 4 aromatic rings. The van der Waals surface area contributed by atoms with Crippen LogP contribution in [-0.2, 0) is 22.4 Å². The first-order valence-corrected chi connectivity index (χ1v) is 12.6. The first-order chi connectivity index (χ1) is 18.5. The summed E-state index contributed by atoms with van der Waals surface area (Å²) in [6, 6.07) is 17.2. The predicted octanol–water partition coefficient (Wildman–Crippen LogP) is 4.94. The maximum absolute atomic E-state index is 12.3. The van der Waals surface area contributed by atoms with Crippen molar-refractivity contribution in [2.45, 2.75) is 26.2 Å². The molecule has 3 aromatic heterocycles. The van der Waals surface area contributed by atoms with E-state index in [1.807, 2.05) is 65.4 Å². The van der Waals surface area contributed by atoms with Crippen molar-refractivity contribution in [3.63, 3.8) is 0 Å². The Balaban J connectivity index is 1.32. The van der Waals surface area contributed by atoms with Crippen LogP contribution in [0.2, 0.25) is 0 Å². The number of pyridine rings is 2. The first kappa shape index (κ1) is 25.0. The van der Waals surface area contributed by atoms with E-state index in [-0.39, 0.29) is 6.61 Å². The van der Waals surface area contributed by atoms with Gasteiger partial charge in [-0.25, -0.2) is 14.6 Å². The van der Waals surface area contributed by atoms with Gasteiger partial charge in [0.15, 0.2) is 0 Å². The van der Waals surface area contributed by atoms with Crippen LogP contribution in [0.1, 0.15) is 30.3 Å². The number of ether oxygens (including phenoxy) is 2. The second-order valence-corrected chi connectivity index (χ2v) is 8.82. The number of rotatable bonds is 8. The van der Waals surface area contributed by atoms with E-state index in [2.05, 4.69) is 9.97 Å². The SMILES string of the molecule is CCOC(=O)/C=C(\c1ccccn1)n1ccc2cc(OCCc3ccc4c(n3)N(C(=O)O)CCC4)ccc21. The average molecular weight is 513 g/mol. The number of aryl methyl sites for hydroxylation is 1. The van der Waals surface area contributed by atoms with Gasteiger partial charge in [-0.2, -0.15) is 0 Å². The molecule has 0 saturated heterocycles. The summed E-state index contributed by atoms with van der Waals surface area (Å²) in [7, 11) is 0. The first-order valence-electron chi connectivity index (χ1n) is 12.6. The molecule has 0 bridgehead atoms. The number of carbonyl (C=O) groups is 2. The maximum Gasteiger partial charge on any atom is 0.413 e. The lowest BCUT2D eigenvalue weighted by molar-refractivity contribution is -0.137. The van der Waals surface area contributed by atoms with Crippen molar-refractivity contribution in [3.8, 4) is 5.75 Å². The molecule has 1 aromatic carbocycles. The zero-order valence-electron chi connectivity index (χ0n) is 21.0. The number of carbonyl (C=O) groups excluding carboxylic acids is 1. The van der Waals surface area contributed by atoms with Gasteiger partial charge in [0.05, 0.1) is 30.1 Å². The third-order valence-corrected chi connectivity index (χ3v) is 6.34. The second kappa shape index (κ2) is 11.2. The topological polar surface area (TPSA) is 107 Å². The molecule has 0 aliphatic carbocycles. The number of carboxylic acid groups (broad SMARTS) is 1. The fourth-order valence-corrected chi connectivity index (χ4v) is 4.57. The summed E-state index contributed by atoms with van der Waals surface area (Å²) in [4.78, 5) is 34.2. The lowest BCUT2D eigenvalue weighted by Gasteiger charge is -2.26. The molecule has 0 atom stereocenters. The molecule has 4 heterocycles. The molecule has 9 nitrogen and oxygen atoms in total. The summed E-state index contributed by atoms with van der Waals surface area (Å²) in [5.41, 5.74) is 3.90. The second-order valence-electron chi connectivity index (χ2n) is 8.82. The molecule has 0 unspecified atom stereocenters. The molecule has 0 fully saturated rings. The number of anilines is 1. The number of amides is 1. The Morgan fingerprint density at radius 2 is 2.03 bits per heavy atom. The molecule has 1 aliphatic heterocycles. The van der Waals surface area contributed by atoms with E-state index in [4.69, 9.17) is 9.47 Å². The summed E-state index contributed by atoms with van der Waals surface area (Å²) in [5, 5.41) is 10.4. The molecule has 0 saturated carbocycles. The predicted molar refractivity (Wildman–Crippen MR) is 143 cm³/mol. The monoisotopic (exact) mass is 512 g/mol. The molecular formula is C29H28N4O5. The van der Waals surface area contributed by atoms with Gasteiger partial charge in [0.1, 0.15) is 11.6 Å². The van der Waals surface area contributed by atoms with Crippen molar-refractivity contribution < 1.29 is 24.2 Å². The number of hydrogen-bond acceptors (Lipinski definition) is 6. The number of hydrogen-bond donors (Lipinski definition) is 1. The Hall–Kier alpha value is -4.66. The molecule has 0 spiro atoms. The van der Waals surface area contributed by atoms with E-state index in [0.717, 1.165) is 35.0 Å². The molecule has 1 amide bonds. The van der Waals surface area contributed by atoms with Crippen LogP contribution in [0.15, 0.2) is 73.1 Å². The third-order valence-electron chi connectivity index (χ3n) is 6.34. The van der Waals surface area contributed by atoms with Crippen molar-refractivity contribution in [2.24, 2.45) is 0 Å². The van der Waals surface area contributed by atoms with E-state index in [1.54, 1.807) is 13.1 Å². The fraction of sp³-hybridized carbons (Fsp3) is 0.241. The standard InChI is InChI=1S/C29H28N4O5/c1-2-37-27(34)19-26(24-7-3-4-14-30-24)32-16-12-21-18-23(10-11-25(21)32)38-17-13-22-9-8-20-6-5-15-33(29(35)36)28(20)31-22/h3-4,7-12,14,16,18-19H,2,5-6,13,15,17H2,1H3,(H,35,36)/b26-19+. The van der Waals surface area contributed by atoms with Gasteiger partial charge in [-0.3, -0.25) is 9.88 Å². The molecule has 5 rings (SSSR count). The lowest BCUT2D eigenvalue weighted by atomic mass is 10.1. The minimum Gasteiger partial charge on any atom is -0.493 e. The van der Waals surface area contributed by atoms with Crippen LogP contribution in [0.25, 0.3) is 16.6 Å². The quantitative estimate of drug-likeness (QED) is 0.263. The summed E-state index contributed by atoms with van der Waals surface area (Å²) in [5.74, 6) is 0.801. The van der Waals surface area contributed by atoms with E-state index in [0.29, 0.717) is 42.5 Å². The van der Waals surface area contributed by atoms with E-state index in [9.17, 15) is 14.7 Å². The van der Waals surface area contributed by atoms with Gasteiger partial charge >= 0.3 is 12.1 Å². The molecule has 1 aliphatic rings. The fourth-order valence-electron chi connectivity index (χ4n) is 4.57. The Morgan fingerprint density at radius 3 is 2.82 bits per heavy atom. The zero-order valence-corrected chi connectivity index (χ0v) is 21.0. The highest BCUT2D eigenvalue weighted by atomic mass is 16.5. The molecular weight excluding hydrogens is 484 g/mol.